The molecule has 0 saturated carbocycles. The lowest BCUT2D eigenvalue weighted by Gasteiger charge is -2.02. The van der Waals surface area contributed by atoms with Gasteiger partial charge in [0.05, 0.1) is 17.7 Å². The van der Waals surface area contributed by atoms with Crippen LogP contribution < -0.4 is 5.48 Å². The number of sulfonamides is 1. The molecule has 0 atom stereocenters. The number of benzene rings is 1. The summed E-state index contributed by atoms with van der Waals surface area (Å²) in [7, 11) is -2.47. The summed E-state index contributed by atoms with van der Waals surface area (Å²) in [4.78, 5) is 6.79. The van der Waals surface area contributed by atoms with Crippen molar-refractivity contribution < 1.29 is 13.3 Å². The highest BCUT2D eigenvalue weighted by Crippen LogP contribution is 2.15. The summed E-state index contributed by atoms with van der Waals surface area (Å²) >= 11 is 0. The van der Waals surface area contributed by atoms with Gasteiger partial charge in [0.25, 0.3) is 10.0 Å². The minimum absolute atomic E-state index is 0.0676. The molecule has 0 bridgehead atoms. The summed E-state index contributed by atoms with van der Waals surface area (Å²) in [5.74, 6) is 0. The third kappa shape index (κ3) is 2.84. The maximum Gasteiger partial charge on any atom is 0.264 e. The van der Waals surface area contributed by atoms with Crippen LogP contribution >= 0.6 is 0 Å². The lowest BCUT2D eigenvalue weighted by atomic mass is 10.3. The fraction of sp³-hybridized carbons (Fsp3) is 0.143. The van der Waals surface area contributed by atoms with Crippen molar-refractivity contribution in [1.29, 1.82) is 0 Å². The molecule has 1 rings (SSSR count). The molecule has 0 unspecified atom stereocenters. The van der Waals surface area contributed by atoms with E-state index in [1.54, 1.807) is 0 Å². The molecule has 0 fully saturated rings. The first kappa shape index (κ1) is 11.3. The van der Waals surface area contributed by atoms with Crippen LogP contribution in [0, 0.1) is 0 Å². The van der Waals surface area contributed by atoms with Gasteiger partial charge in [0.2, 0.25) is 0 Å². The minimum atomic E-state index is -3.90. The van der Waals surface area contributed by atoms with E-state index >= 15 is 0 Å². The van der Waals surface area contributed by atoms with E-state index in [0.29, 0.717) is 5.69 Å². The van der Waals surface area contributed by atoms with Gasteiger partial charge in [0, 0.05) is 9.43 Å². The number of hydrogen-bond acceptors (Lipinski definition) is 4. The summed E-state index contributed by atoms with van der Waals surface area (Å²) in [5.41, 5.74) is 11.2. The molecule has 0 aliphatic carbocycles. The van der Waals surface area contributed by atoms with E-state index in [1.165, 1.54) is 31.4 Å². The minimum Gasteiger partial charge on any atom is -0.279 e. The molecule has 0 aromatic heterocycles. The average Bonchev–Trinajstić information content (AvgIpc) is 2.19. The third-order valence-corrected chi connectivity index (χ3v) is 2.67. The molecule has 0 heterocycles. The van der Waals surface area contributed by atoms with Gasteiger partial charge < -0.3 is 0 Å². The van der Waals surface area contributed by atoms with Crippen molar-refractivity contribution in [2.75, 3.05) is 12.6 Å². The fourth-order valence-corrected chi connectivity index (χ4v) is 1.58. The maximum absolute atomic E-state index is 11.2. The average molecular weight is 228 g/mol. The predicted octanol–water partition coefficient (Wildman–Crippen LogP) is 1.66. The molecular weight excluding hydrogens is 220 g/mol. The predicted molar refractivity (Wildman–Crippen MR) is 53.4 cm³/mol. The Morgan fingerprint density at radius 3 is 2.47 bits per heavy atom. The number of anilines is 1. The Labute approximate surface area is 86.3 Å². The van der Waals surface area contributed by atoms with Crippen LogP contribution in [0.4, 0.5) is 5.69 Å². The highest BCUT2D eigenvalue weighted by molar-refractivity contribution is 7.90. The van der Waals surface area contributed by atoms with Gasteiger partial charge in [-0.15, -0.1) is 0 Å². The topological polar surface area (TPSA) is 104 Å². The molecule has 0 radical (unpaired) electrons. The van der Waals surface area contributed by atoms with E-state index in [-0.39, 0.29) is 4.90 Å². The third-order valence-electron chi connectivity index (χ3n) is 1.52. The molecule has 15 heavy (non-hydrogen) atoms. The van der Waals surface area contributed by atoms with Crippen LogP contribution in [0.5, 0.6) is 0 Å². The first-order valence-electron chi connectivity index (χ1n) is 3.80. The van der Waals surface area contributed by atoms with E-state index < -0.39 is 10.0 Å². The van der Waals surface area contributed by atoms with Gasteiger partial charge in [-0.05, 0) is 29.8 Å². The quantitative estimate of drug-likeness (QED) is 0.366. The van der Waals surface area contributed by atoms with Gasteiger partial charge in [-0.25, -0.2) is 8.42 Å². The fourth-order valence-electron chi connectivity index (χ4n) is 0.908. The normalized spacial score (nSPS) is 10.5. The number of hydrogen-bond donors (Lipinski definition) is 1. The van der Waals surface area contributed by atoms with E-state index in [2.05, 4.69) is 19.7 Å². The molecule has 0 aliphatic heterocycles. The van der Waals surface area contributed by atoms with Crippen molar-refractivity contribution in [1.82, 2.24) is 0 Å². The molecule has 0 aliphatic rings. The number of azide groups is 1. The molecule has 0 spiro atoms. The molecule has 1 aromatic carbocycles. The van der Waals surface area contributed by atoms with Crippen molar-refractivity contribution in [2.45, 2.75) is 4.90 Å². The van der Waals surface area contributed by atoms with Crippen LogP contribution in [0.15, 0.2) is 33.7 Å². The van der Waals surface area contributed by atoms with Crippen molar-refractivity contribution >= 4 is 15.7 Å². The Bertz CT molecular complexity index is 475. The second-order valence-corrected chi connectivity index (χ2v) is 4.06. The molecular formula is C7H8N4O3S. The van der Waals surface area contributed by atoms with E-state index in [9.17, 15) is 8.42 Å². The lowest BCUT2D eigenvalue weighted by molar-refractivity contribution is 0.271. The van der Waals surface area contributed by atoms with Crippen LogP contribution in [-0.2, 0) is 14.9 Å². The van der Waals surface area contributed by atoms with Crippen molar-refractivity contribution in [2.24, 2.45) is 4.52 Å². The highest BCUT2D eigenvalue weighted by Gasteiger charge is 2.10. The summed E-state index contributed by atoms with van der Waals surface area (Å²) in [5, 5.41) is 0. The molecule has 1 aromatic rings. The zero-order valence-corrected chi connectivity index (χ0v) is 8.60. The molecule has 7 nitrogen and oxygen atoms in total. The van der Waals surface area contributed by atoms with Crippen LogP contribution in [0.1, 0.15) is 0 Å². The van der Waals surface area contributed by atoms with Crippen LogP contribution in [0.2, 0.25) is 0 Å². The van der Waals surface area contributed by atoms with Gasteiger partial charge in [-0.3, -0.25) is 10.3 Å². The van der Waals surface area contributed by atoms with E-state index in [4.69, 9.17) is 5.53 Å². The van der Waals surface area contributed by atoms with Crippen molar-refractivity contribution in [3.05, 3.63) is 34.7 Å². The maximum atomic E-state index is 11.2. The highest BCUT2D eigenvalue weighted by atomic mass is 32.2. The van der Waals surface area contributed by atoms with Crippen LogP contribution in [-0.4, -0.2) is 15.5 Å². The lowest BCUT2D eigenvalue weighted by Crippen LogP contribution is -1.98. The van der Waals surface area contributed by atoms with Crippen LogP contribution in [0.3, 0.4) is 0 Å². The SMILES string of the molecule is CONc1ccc(S(=O)(=O)N=[N+]=[N-])cc1. The second-order valence-electron chi connectivity index (χ2n) is 2.48. The Morgan fingerprint density at radius 2 is 2.00 bits per heavy atom. The summed E-state index contributed by atoms with van der Waals surface area (Å²) in [6.07, 6.45) is 0. The van der Waals surface area contributed by atoms with Gasteiger partial charge >= 0.3 is 0 Å². The van der Waals surface area contributed by atoms with Crippen molar-refractivity contribution in [3.63, 3.8) is 0 Å². The summed E-state index contributed by atoms with van der Waals surface area (Å²) in [6.45, 7) is 0. The molecule has 0 saturated heterocycles. The Balaban J connectivity index is 3.04. The van der Waals surface area contributed by atoms with E-state index in [0.717, 1.165) is 0 Å². The molecule has 1 N–H and O–H groups in total. The summed E-state index contributed by atoms with van der Waals surface area (Å²) in [6, 6.07) is 5.60. The monoisotopic (exact) mass is 228 g/mol. The number of rotatable bonds is 4. The standard InChI is InChI=1S/C7H8N4O3S/c1-14-9-6-2-4-7(5-3-6)15(12,13)11-10-8/h2-5,9H,1H3. The number of nitrogens with one attached hydrogen (secondary N) is 1. The van der Waals surface area contributed by atoms with Gasteiger partial charge in [-0.2, -0.15) is 0 Å². The second kappa shape index (κ2) is 4.65. The smallest absolute Gasteiger partial charge is 0.264 e. The van der Waals surface area contributed by atoms with Gasteiger partial charge in [-0.1, -0.05) is 0 Å². The van der Waals surface area contributed by atoms with Gasteiger partial charge in [0.15, 0.2) is 0 Å². The van der Waals surface area contributed by atoms with Crippen molar-refractivity contribution in [3.8, 4) is 0 Å². The Hall–Kier alpha value is -1.76. The number of nitrogens with zero attached hydrogens (tertiary/aromatic N) is 3. The first-order valence-corrected chi connectivity index (χ1v) is 5.24. The first-order chi connectivity index (χ1) is 7.10. The Morgan fingerprint density at radius 1 is 1.40 bits per heavy atom. The van der Waals surface area contributed by atoms with E-state index in [1.807, 2.05) is 0 Å². The van der Waals surface area contributed by atoms with Gasteiger partial charge in [0.1, 0.15) is 0 Å². The largest absolute Gasteiger partial charge is 0.279 e. The summed E-state index contributed by atoms with van der Waals surface area (Å²) < 4.78 is 25.2. The Kier molecular flexibility index (Phi) is 3.51. The zero-order chi connectivity index (χ0) is 11.3. The molecule has 8 heteroatoms. The molecule has 80 valence electrons. The molecule has 0 amide bonds. The van der Waals surface area contributed by atoms with Crippen LogP contribution in [0.25, 0.3) is 10.4 Å². The zero-order valence-electron chi connectivity index (χ0n) is 7.78.